The van der Waals surface area contributed by atoms with Crippen LogP contribution in [0.2, 0.25) is 0 Å². The van der Waals surface area contributed by atoms with Gasteiger partial charge in [-0.3, -0.25) is 9.40 Å². The van der Waals surface area contributed by atoms with Crippen LogP contribution in [0.4, 0.5) is 10.1 Å². The van der Waals surface area contributed by atoms with Crippen molar-refractivity contribution in [2.45, 2.75) is 11.4 Å². The lowest BCUT2D eigenvalue weighted by atomic mass is 10.2. The summed E-state index contributed by atoms with van der Waals surface area (Å²) < 4.78 is 49.6. The second-order valence-electron chi connectivity index (χ2n) is 6.49. The van der Waals surface area contributed by atoms with E-state index in [1.54, 1.807) is 24.3 Å². The van der Waals surface area contributed by atoms with Gasteiger partial charge in [-0.1, -0.05) is 54.6 Å². The summed E-state index contributed by atoms with van der Waals surface area (Å²) in [5, 5.41) is 4.10. The lowest BCUT2D eigenvalue weighted by Crippen LogP contribution is -2.14. The summed E-state index contributed by atoms with van der Waals surface area (Å²) >= 11 is 0. The van der Waals surface area contributed by atoms with Gasteiger partial charge in [-0.05, 0) is 29.8 Å². The lowest BCUT2D eigenvalue weighted by Gasteiger charge is -2.13. The Hall–Kier alpha value is -3.65. The predicted octanol–water partition coefficient (Wildman–Crippen LogP) is 4.66. The van der Waals surface area contributed by atoms with E-state index in [2.05, 4.69) is 9.82 Å². The standard InChI is InChI=1S/C22H18FN3O3S/c23-20-12-7-13-21(29-18-10-5-2-6-11-18)22(20)25-30(27,28)19-14-24-26(16-19)15-17-8-3-1-4-9-17/h1-14,16,25H,15H2. The smallest absolute Gasteiger partial charge is 0.265 e. The summed E-state index contributed by atoms with van der Waals surface area (Å²) in [6, 6.07) is 22.3. The van der Waals surface area contributed by atoms with Crippen molar-refractivity contribution in [2.75, 3.05) is 4.72 Å². The molecule has 0 aliphatic carbocycles. The fourth-order valence-corrected chi connectivity index (χ4v) is 3.87. The van der Waals surface area contributed by atoms with Crippen molar-refractivity contribution >= 4 is 15.7 Å². The van der Waals surface area contributed by atoms with Crippen LogP contribution in [0.25, 0.3) is 0 Å². The molecule has 3 aromatic carbocycles. The number of anilines is 1. The zero-order valence-electron chi connectivity index (χ0n) is 15.8. The molecule has 1 aromatic heterocycles. The molecule has 8 heteroatoms. The molecule has 30 heavy (non-hydrogen) atoms. The summed E-state index contributed by atoms with van der Waals surface area (Å²) in [5.41, 5.74) is 0.710. The monoisotopic (exact) mass is 423 g/mol. The maximum Gasteiger partial charge on any atom is 0.265 e. The molecule has 1 N–H and O–H groups in total. The van der Waals surface area contributed by atoms with Crippen molar-refractivity contribution in [1.29, 1.82) is 0 Å². The number of aromatic nitrogens is 2. The Morgan fingerprint density at radius 2 is 1.63 bits per heavy atom. The maximum absolute atomic E-state index is 14.5. The van der Waals surface area contributed by atoms with E-state index in [4.69, 9.17) is 4.74 Å². The number of hydrogen-bond donors (Lipinski definition) is 1. The van der Waals surface area contributed by atoms with Crippen LogP contribution in [0.3, 0.4) is 0 Å². The van der Waals surface area contributed by atoms with Crippen LogP contribution < -0.4 is 9.46 Å². The number of nitrogens with zero attached hydrogens (tertiary/aromatic N) is 2. The van der Waals surface area contributed by atoms with Gasteiger partial charge in [0.25, 0.3) is 10.0 Å². The number of sulfonamides is 1. The largest absolute Gasteiger partial charge is 0.455 e. The molecule has 4 aromatic rings. The van der Waals surface area contributed by atoms with E-state index in [1.807, 2.05) is 36.4 Å². The van der Waals surface area contributed by atoms with E-state index in [1.165, 1.54) is 29.2 Å². The molecule has 0 aliphatic rings. The fraction of sp³-hybridized carbons (Fsp3) is 0.0455. The highest BCUT2D eigenvalue weighted by Crippen LogP contribution is 2.33. The molecule has 152 valence electrons. The topological polar surface area (TPSA) is 73.2 Å². The van der Waals surface area contributed by atoms with Gasteiger partial charge in [0.2, 0.25) is 0 Å². The first kappa shape index (κ1) is 19.7. The third-order valence-corrected chi connectivity index (χ3v) is 5.59. The van der Waals surface area contributed by atoms with Gasteiger partial charge in [-0.25, -0.2) is 12.8 Å². The van der Waals surface area contributed by atoms with Crippen LogP contribution in [-0.2, 0) is 16.6 Å². The Morgan fingerprint density at radius 1 is 0.933 bits per heavy atom. The second-order valence-corrected chi connectivity index (χ2v) is 8.18. The van der Waals surface area contributed by atoms with E-state index in [0.717, 1.165) is 11.6 Å². The molecule has 0 spiro atoms. The number of hydrogen-bond acceptors (Lipinski definition) is 4. The zero-order chi connectivity index (χ0) is 21.0. The Kier molecular flexibility index (Phi) is 5.49. The summed E-state index contributed by atoms with van der Waals surface area (Å²) in [7, 11) is -4.08. The number of halogens is 1. The predicted molar refractivity (Wildman–Crippen MR) is 111 cm³/mol. The van der Waals surface area contributed by atoms with Crippen molar-refractivity contribution in [3.05, 3.63) is 103 Å². The first-order valence-electron chi connectivity index (χ1n) is 9.12. The number of para-hydroxylation sites is 2. The molecule has 0 saturated carbocycles. The van der Waals surface area contributed by atoms with Crippen LogP contribution >= 0.6 is 0 Å². The van der Waals surface area contributed by atoms with E-state index < -0.39 is 15.8 Å². The van der Waals surface area contributed by atoms with Crippen LogP contribution in [0, 0.1) is 5.82 Å². The van der Waals surface area contributed by atoms with Crippen LogP contribution in [0.15, 0.2) is 96.2 Å². The molecule has 0 bridgehead atoms. The molecule has 0 saturated heterocycles. The molecule has 0 atom stereocenters. The third-order valence-electron chi connectivity index (χ3n) is 4.29. The molecule has 0 radical (unpaired) electrons. The SMILES string of the molecule is O=S(=O)(Nc1c(F)cccc1Oc1ccccc1)c1cnn(Cc2ccccc2)c1. The second kappa shape index (κ2) is 8.38. The van der Waals surface area contributed by atoms with Crippen LogP contribution in [0.1, 0.15) is 5.56 Å². The summed E-state index contributed by atoms with van der Waals surface area (Å²) in [6.07, 6.45) is 2.62. The van der Waals surface area contributed by atoms with E-state index in [0.29, 0.717) is 12.3 Å². The summed E-state index contributed by atoms with van der Waals surface area (Å²) in [6.45, 7) is 0.415. The molecule has 4 rings (SSSR count). The third kappa shape index (κ3) is 4.49. The van der Waals surface area contributed by atoms with Gasteiger partial charge < -0.3 is 4.74 Å². The molecule has 0 unspecified atom stereocenters. The zero-order valence-corrected chi connectivity index (χ0v) is 16.6. The van der Waals surface area contributed by atoms with Gasteiger partial charge >= 0.3 is 0 Å². The highest BCUT2D eigenvalue weighted by molar-refractivity contribution is 7.92. The molecular formula is C22H18FN3O3S. The quantitative estimate of drug-likeness (QED) is 0.469. The van der Waals surface area contributed by atoms with E-state index in [-0.39, 0.29) is 16.3 Å². The first-order chi connectivity index (χ1) is 14.5. The van der Waals surface area contributed by atoms with Gasteiger partial charge in [0.05, 0.1) is 12.7 Å². The number of benzene rings is 3. The average molecular weight is 423 g/mol. The average Bonchev–Trinajstić information content (AvgIpc) is 3.22. The molecule has 0 fully saturated rings. The molecular weight excluding hydrogens is 405 g/mol. The Balaban J connectivity index is 1.58. The minimum atomic E-state index is -4.08. The Bertz CT molecular complexity index is 1240. The van der Waals surface area contributed by atoms with Crippen molar-refractivity contribution < 1.29 is 17.5 Å². The normalized spacial score (nSPS) is 11.2. The molecule has 1 heterocycles. The highest BCUT2D eigenvalue weighted by Gasteiger charge is 2.21. The van der Waals surface area contributed by atoms with Crippen molar-refractivity contribution in [3.63, 3.8) is 0 Å². The number of nitrogens with one attached hydrogen (secondary N) is 1. The summed E-state index contributed by atoms with van der Waals surface area (Å²) in [5.74, 6) is -0.232. The van der Waals surface area contributed by atoms with Crippen molar-refractivity contribution in [2.24, 2.45) is 0 Å². The highest BCUT2D eigenvalue weighted by atomic mass is 32.2. The van der Waals surface area contributed by atoms with Crippen LogP contribution in [0.5, 0.6) is 11.5 Å². The lowest BCUT2D eigenvalue weighted by molar-refractivity contribution is 0.480. The van der Waals surface area contributed by atoms with Crippen LogP contribution in [-0.4, -0.2) is 18.2 Å². The van der Waals surface area contributed by atoms with Gasteiger partial charge in [0.15, 0.2) is 11.6 Å². The fourth-order valence-electron chi connectivity index (χ4n) is 2.84. The van der Waals surface area contributed by atoms with Gasteiger partial charge in [-0.15, -0.1) is 0 Å². The summed E-state index contributed by atoms with van der Waals surface area (Å²) in [4.78, 5) is -0.0765. The number of ether oxygens (including phenoxy) is 1. The minimum Gasteiger partial charge on any atom is -0.455 e. The van der Waals surface area contributed by atoms with Gasteiger partial charge in [-0.2, -0.15) is 5.10 Å². The maximum atomic E-state index is 14.5. The van der Waals surface area contributed by atoms with Crippen molar-refractivity contribution in [3.8, 4) is 11.5 Å². The van der Waals surface area contributed by atoms with E-state index in [9.17, 15) is 12.8 Å². The van der Waals surface area contributed by atoms with Crippen molar-refractivity contribution in [1.82, 2.24) is 9.78 Å². The van der Waals surface area contributed by atoms with Gasteiger partial charge in [0.1, 0.15) is 16.3 Å². The minimum absolute atomic E-state index is 0.0569. The first-order valence-corrected chi connectivity index (χ1v) is 10.6. The van der Waals surface area contributed by atoms with E-state index >= 15 is 0 Å². The molecule has 6 nitrogen and oxygen atoms in total. The Morgan fingerprint density at radius 3 is 2.37 bits per heavy atom. The van der Waals surface area contributed by atoms with Gasteiger partial charge in [0, 0.05) is 6.20 Å². The molecule has 0 amide bonds. The number of rotatable bonds is 7. The molecule has 0 aliphatic heterocycles. The Labute approximate surface area is 173 Å².